The Morgan fingerprint density at radius 2 is 2.07 bits per heavy atom. The minimum absolute atomic E-state index is 0.0947. The summed E-state index contributed by atoms with van der Waals surface area (Å²) >= 11 is 0. The van der Waals surface area contributed by atoms with E-state index in [1.807, 2.05) is 0 Å². The van der Waals surface area contributed by atoms with Gasteiger partial charge in [0.15, 0.2) is 0 Å². The lowest BCUT2D eigenvalue weighted by Gasteiger charge is -2.24. The summed E-state index contributed by atoms with van der Waals surface area (Å²) in [5.41, 5.74) is 0.654. The van der Waals surface area contributed by atoms with E-state index >= 15 is 0 Å². The van der Waals surface area contributed by atoms with Gasteiger partial charge in [0.25, 0.3) is 0 Å². The van der Waals surface area contributed by atoms with E-state index in [1.165, 1.54) is 11.1 Å². The van der Waals surface area contributed by atoms with Crippen LogP contribution in [0.25, 0.3) is 0 Å². The van der Waals surface area contributed by atoms with Crippen LogP contribution >= 0.6 is 0 Å². The molecule has 0 saturated carbocycles. The summed E-state index contributed by atoms with van der Waals surface area (Å²) in [5, 5.41) is 7.06. The highest BCUT2D eigenvalue weighted by atomic mass is 16.6. The molecule has 1 aliphatic rings. The molecule has 0 aliphatic carbocycles. The van der Waals surface area contributed by atoms with Crippen LogP contribution in [-0.2, 0) is 16.0 Å². The maximum absolute atomic E-state index is 11.4. The van der Waals surface area contributed by atoms with Crippen molar-refractivity contribution < 1.29 is 14.2 Å². The predicted molar refractivity (Wildman–Crippen MR) is 48.6 cm³/mol. The molecule has 0 spiro atoms. The fourth-order valence-corrected chi connectivity index (χ4v) is 1.57. The van der Waals surface area contributed by atoms with Crippen molar-refractivity contribution in [2.45, 2.75) is 25.7 Å². The van der Waals surface area contributed by atoms with Gasteiger partial charge in [0.05, 0.1) is 6.20 Å². The molecule has 1 aliphatic heterocycles. The Bertz CT molecular complexity index is 345. The number of amides is 2. The minimum atomic E-state index is -0.0947. The summed E-state index contributed by atoms with van der Waals surface area (Å²) in [6, 6.07) is 0. The molecule has 0 bridgehead atoms. The van der Waals surface area contributed by atoms with Crippen molar-refractivity contribution in [3.63, 3.8) is 0 Å². The quantitative estimate of drug-likeness (QED) is 0.662. The van der Waals surface area contributed by atoms with Crippen molar-refractivity contribution in [3.8, 4) is 0 Å². The SMILES string of the molecule is O=C1CCCC(=O)N1CCc1cnon1. The van der Waals surface area contributed by atoms with Crippen LogP contribution in [0.1, 0.15) is 25.0 Å². The third-order valence-electron chi connectivity index (χ3n) is 2.38. The summed E-state index contributed by atoms with van der Waals surface area (Å²) < 4.78 is 4.42. The Labute approximate surface area is 86.2 Å². The summed E-state index contributed by atoms with van der Waals surface area (Å²) in [7, 11) is 0. The molecule has 1 aromatic heterocycles. The van der Waals surface area contributed by atoms with Crippen LogP contribution < -0.4 is 0 Å². The number of aromatic nitrogens is 2. The minimum Gasteiger partial charge on any atom is -0.282 e. The van der Waals surface area contributed by atoms with Crippen LogP contribution in [-0.4, -0.2) is 33.6 Å². The highest BCUT2D eigenvalue weighted by Crippen LogP contribution is 2.12. The third kappa shape index (κ3) is 2.20. The molecule has 6 nitrogen and oxygen atoms in total. The van der Waals surface area contributed by atoms with E-state index < -0.39 is 0 Å². The van der Waals surface area contributed by atoms with Crippen LogP contribution in [0.15, 0.2) is 10.8 Å². The lowest BCUT2D eigenvalue weighted by molar-refractivity contribution is -0.147. The molecule has 0 aromatic carbocycles. The van der Waals surface area contributed by atoms with Gasteiger partial charge >= 0.3 is 0 Å². The molecule has 80 valence electrons. The average Bonchev–Trinajstić information content (AvgIpc) is 2.70. The van der Waals surface area contributed by atoms with Gasteiger partial charge in [0.1, 0.15) is 5.69 Å². The highest BCUT2D eigenvalue weighted by Gasteiger charge is 2.25. The number of hydrogen-bond acceptors (Lipinski definition) is 5. The summed E-state index contributed by atoms with van der Waals surface area (Å²) in [6.07, 6.45) is 3.57. The molecule has 2 rings (SSSR count). The smallest absolute Gasteiger partial charge is 0.229 e. The van der Waals surface area contributed by atoms with Crippen LogP contribution in [0.5, 0.6) is 0 Å². The van der Waals surface area contributed by atoms with E-state index in [1.54, 1.807) is 0 Å². The lowest BCUT2D eigenvalue weighted by Crippen LogP contribution is -2.41. The Kier molecular flexibility index (Phi) is 2.75. The number of nitrogens with zero attached hydrogens (tertiary/aromatic N) is 3. The zero-order valence-electron chi connectivity index (χ0n) is 8.18. The Morgan fingerprint density at radius 3 is 2.67 bits per heavy atom. The van der Waals surface area contributed by atoms with Crippen molar-refractivity contribution in [3.05, 3.63) is 11.9 Å². The second kappa shape index (κ2) is 4.20. The number of likely N-dealkylation sites (tertiary alicyclic amines) is 1. The van der Waals surface area contributed by atoms with Gasteiger partial charge in [-0.3, -0.25) is 14.5 Å². The maximum atomic E-state index is 11.4. The first-order valence-corrected chi connectivity index (χ1v) is 4.87. The molecule has 1 aromatic rings. The number of imide groups is 1. The van der Waals surface area contributed by atoms with Gasteiger partial charge in [-0.05, 0) is 6.42 Å². The van der Waals surface area contributed by atoms with Gasteiger partial charge in [0, 0.05) is 25.8 Å². The first kappa shape index (κ1) is 9.82. The number of rotatable bonds is 3. The van der Waals surface area contributed by atoms with E-state index in [0.717, 1.165) is 0 Å². The molecule has 0 radical (unpaired) electrons. The molecule has 2 heterocycles. The monoisotopic (exact) mass is 209 g/mol. The number of hydrogen-bond donors (Lipinski definition) is 0. The molecule has 2 amide bonds. The Hall–Kier alpha value is -1.72. The Morgan fingerprint density at radius 1 is 1.33 bits per heavy atom. The predicted octanol–water partition coefficient (Wildman–Crippen LogP) is 0.151. The summed E-state index contributed by atoms with van der Waals surface area (Å²) in [4.78, 5) is 24.1. The molecular formula is C9H11N3O3. The van der Waals surface area contributed by atoms with Gasteiger partial charge in [-0.1, -0.05) is 10.3 Å². The molecule has 0 atom stereocenters. The van der Waals surface area contributed by atoms with Crippen molar-refractivity contribution >= 4 is 11.8 Å². The molecule has 6 heteroatoms. The van der Waals surface area contributed by atoms with Crippen LogP contribution in [0.3, 0.4) is 0 Å². The number of carbonyl (C=O) groups is 2. The van der Waals surface area contributed by atoms with E-state index in [4.69, 9.17) is 0 Å². The number of carbonyl (C=O) groups excluding carboxylic acids is 2. The highest BCUT2D eigenvalue weighted by molar-refractivity contribution is 5.97. The third-order valence-corrected chi connectivity index (χ3v) is 2.38. The van der Waals surface area contributed by atoms with Crippen molar-refractivity contribution in [2.75, 3.05) is 6.54 Å². The number of piperidine rings is 1. The standard InChI is InChI=1S/C9H11N3O3/c13-8-2-1-3-9(14)12(8)5-4-7-6-10-15-11-7/h6H,1-5H2. The fourth-order valence-electron chi connectivity index (χ4n) is 1.57. The van der Waals surface area contributed by atoms with Gasteiger partial charge in [-0.2, -0.15) is 0 Å². The van der Waals surface area contributed by atoms with Crippen molar-refractivity contribution in [2.24, 2.45) is 0 Å². The molecule has 1 saturated heterocycles. The van der Waals surface area contributed by atoms with Crippen LogP contribution in [0, 0.1) is 0 Å². The van der Waals surface area contributed by atoms with Gasteiger partial charge < -0.3 is 0 Å². The molecule has 0 unspecified atom stereocenters. The second-order valence-electron chi connectivity index (χ2n) is 3.44. The van der Waals surface area contributed by atoms with E-state index in [9.17, 15) is 9.59 Å². The summed E-state index contributed by atoms with van der Waals surface area (Å²) in [5.74, 6) is -0.189. The van der Waals surface area contributed by atoms with Crippen LogP contribution in [0.4, 0.5) is 0 Å². The van der Waals surface area contributed by atoms with Gasteiger partial charge in [-0.15, -0.1) is 0 Å². The van der Waals surface area contributed by atoms with E-state index in [-0.39, 0.29) is 11.8 Å². The largest absolute Gasteiger partial charge is 0.282 e. The molecule has 1 fully saturated rings. The fraction of sp³-hybridized carbons (Fsp3) is 0.556. The normalized spacial score (nSPS) is 17.2. The average molecular weight is 209 g/mol. The summed E-state index contributed by atoms with van der Waals surface area (Å²) in [6.45, 7) is 0.367. The zero-order valence-corrected chi connectivity index (χ0v) is 8.18. The second-order valence-corrected chi connectivity index (χ2v) is 3.44. The van der Waals surface area contributed by atoms with Gasteiger partial charge in [0.2, 0.25) is 11.8 Å². The molecular weight excluding hydrogens is 198 g/mol. The first-order chi connectivity index (χ1) is 7.27. The van der Waals surface area contributed by atoms with Crippen molar-refractivity contribution in [1.29, 1.82) is 0 Å². The molecule has 15 heavy (non-hydrogen) atoms. The lowest BCUT2D eigenvalue weighted by atomic mass is 10.1. The zero-order chi connectivity index (χ0) is 10.7. The van der Waals surface area contributed by atoms with Crippen LogP contribution in [0.2, 0.25) is 0 Å². The van der Waals surface area contributed by atoms with E-state index in [0.29, 0.717) is 37.9 Å². The van der Waals surface area contributed by atoms with Gasteiger partial charge in [-0.25, -0.2) is 4.63 Å². The molecule has 0 N–H and O–H groups in total. The maximum Gasteiger partial charge on any atom is 0.229 e. The topological polar surface area (TPSA) is 76.3 Å². The van der Waals surface area contributed by atoms with E-state index in [2.05, 4.69) is 14.9 Å². The first-order valence-electron chi connectivity index (χ1n) is 4.87. The van der Waals surface area contributed by atoms with Crippen molar-refractivity contribution in [1.82, 2.24) is 15.2 Å². The Balaban J connectivity index is 1.92.